The van der Waals surface area contributed by atoms with Gasteiger partial charge in [-0.25, -0.2) is 0 Å². The smallest absolute Gasteiger partial charge is 0.284 e. The van der Waals surface area contributed by atoms with Crippen molar-refractivity contribution < 1.29 is 14.8 Å². The van der Waals surface area contributed by atoms with Gasteiger partial charge in [0.1, 0.15) is 0 Å². The fourth-order valence-corrected chi connectivity index (χ4v) is 4.28. The van der Waals surface area contributed by atoms with E-state index in [2.05, 4.69) is 18.7 Å². The van der Waals surface area contributed by atoms with Crippen molar-refractivity contribution in [3.63, 3.8) is 0 Å². The van der Waals surface area contributed by atoms with E-state index in [9.17, 15) is 30.3 Å². The van der Waals surface area contributed by atoms with Gasteiger partial charge in [-0.1, -0.05) is 12.1 Å². The van der Waals surface area contributed by atoms with Crippen molar-refractivity contribution in [3.8, 4) is 11.1 Å². The van der Waals surface area contributed by atoms with Crippen molar-refractivity contribution in [3.05, 3.63) is 102 Å². The van der Waals surface area contributed by atoms with Crippen molar-refractivity contribution in [1.29, 1.82) is 0 Å². The highest BCUT2D eigenvalue weighted by molar-refractivity contribution is 6.09. The van der Waals surface area contributed by atoms with E-state index in [1.54, 1.807) is 6.08 Å². The Labute approximate surface area is 194 Å². The molecule has 1 aliphatic carbocycles. The third-order valence-corrected chi connectivity index (χ3v) is 5.91. The van der Waals surface area contributed by atoms with Crippen LogP contribution in [0.4, 0.5) is 22.7 Å². The molecule has 4 rings (SSSR count). The molecule has 0 N–H and O–H groups in total. The number of anilines is 1. The maximum absolute atomic E-state index is 11.8. The molecule has 0 saturated heterocycles. The highest BCUT2D eigenvalue weighted by Gasteiger charge is 2.34. The van der Waals surface area contributed by atoms with Crippen LogP contribution in [0, 0.1) is 30.3 Å². The number of nitro groups is 3. The first-order valence-corrected chi connectivity index (χ1v) is 10.6. The Hall–Kier alpha value is -4.60. The summed E-state index contributed by atoms with van der Waals surface area (Å²) in [6.07, 6.45) is 1.74. The van der Waals surface area contributed by atoms with E-state index in [1.165, 1.54) is 24.3 Å². The second-order valence-electron chi connectivity index (χ2n) is 7.71. The van der Waals surface area contributed by atoms with Crippen molar-refractivity contribution >= 4 is 34.4 Å². The first-order valence-electron chi connectivity index (χ1n) is 10.6. The average Bonchev–Trinajstić information content (AvgIpc) is 3.13. The lowest BCUT2D eigenvalue weighted by atomic mass is 10.00. The quantitative estimate of drug-likeness (QED) is 0.250. The molecule has 0 fully saturated rings. The molecule has 0 atom stereocenters. The minimum atomic E-state index is -0.685. The summed E-state index contributed by atoms with van der Waals surface area (Å²) in [5.41, 5.74) is 2.58. The molecule has 10 nitrogen and oxygen atoms in total. The molecule has 1 aliphatic rings. The summed E-state index contributed by atoms with van der Waals surface area (Å²) in [5.74, 6) is 0. The predicted molar refractivity (Wildman–Crippen MR) is 129 cm³/mol. The topological polar surface area (TPSA) is 133 Å². The van der Waals surface area contributed by atoms with E-state index in [1.807, 2.05) is 24.3 Å². The molecule has 0 bridgehead atoms. The number of nitrogens with zero attached hydrogens (tertiary/aromatic N) is 4. The maximum atomic E-state index is 11.8. The third kappa shape index (κ3) is 3.85. The Kier molecular flexibility index (Phi) is 5.80. The van der Waals surface area contributed by atoms with E-state index >= 15 is 0 Å². The van der Waals surface area contributed by atoms with Crippen molar-refractivity contribution in [2.45, 2.75) is 13.8 Å². The fraction of sp³-hybridized carbons (Fsp3) is 0.167. The standard InChI is InChI=1S/C24H20N4O6/c1-3-25(4-2)16-7-5-15(6-8-16)11-20-21-12-17(26(29)30)9-10-19(21)24-22(20)13-18(27(31)32)14-23(24)28(33)34/h5-14H,3-4H2,1-2H3/b20-11+. The normalized spacial score (nSPS) is 12.8. The number of hydrogen-bond acceptors (Lipinski definition) is 7. The molecular weight excluding hydrogens is 440 g/mol. The van der Waals surface area contributed by atoms with E-state index in [0.717, 1.165) is 30.4 Å². The zero-order valence-electron chi connectivity index (χ0n) is 18.4. The third-order valence-electron chi connectivity index (χ3n) is 5.91. The molecule has 3 aromatic carbocycles. The van der Waals surface area contributed by atoms with Gasteiger partial charge in [0.05, 0.1) is 26.4 Å². The zero-order chi connectivity index (χ0) is 24.6. The lowest BCUT2D eigenvalue weighted by Crippen LogP contribution is -2.21. The van der Waals surface area contributed by atoms with Crippen LogP contribution in [-0.2, 0) is 0 Å². The van der Waals surface area contributed by atoms with Gasteiger partial charge in [0.25, 0.3) is 17.1 Å². The Morgan fingerprint density at radius 3 is 1.91 bits per heavy atom. The summed E-state index contributed by atoms with van der Waals surface area (Å²) in [5, 5.41) is 34.7. The van der Waals surface area contributed by atoms with Gasteiger partial charge in [0.15, 0.2) is 0 Å². The monoisotopic (exact) mass is 460 g/mol. The first-order chi connectivity index (χ1) is 16.2. The first kappa shape index (κ1) is 22.6. The molecule has 0 radical (unpaired) electrons. The number of nitro benzene ring substituents is 3. The van der Waals surface area contributed by atoms with E-state index < -0.39 is 26.1 Å². The molecule has 0 spiro atoms. The van der Waals surface area contributed by atoms with Crippen molar-refractivity contribution in [1.82, 2.24) is 0 Å². The highest BCUT2D eigenvalue weighted by atomic mass is 16.6. The van der Waals surface area contributed by atoms with Gasteiger partial charge in [-0.05, 0) is 60.4 Å². The minimum Gasteiger partial charge on any atom is -0.372 e. The molecule has 0 heterocycles. The Bertz CT molecular complexity index is 1360. The molecule has 0 unspecified atom stereocenters. The van der Waals surface area contributed by atoms with Gasteiger partial charge in [-0.2, -0.15) is 0 Å². The molecule has 0 aromatic heterocycles. The van der Waals surface area contributed by atoms with Crippen LogP contribution in [0.1, 0.15) is 30.5 Å². The molecule has 10 heteroatoms. The Balaban J connectivity index is 1.96. The van der Waals surface area contributed by atoms with Gasteiger partial charge in [-0.15, -0.1) is 0 Å². The maximum Gasteiger partial charge on any atom is 0.284 e. The number of non-ortho nitro benzene ring substituents is 2. The molecule has 34 heavy (non-hydrogen) atoms. The summed E-state index contributed by atoms with van der Waals surface area (Å²) >= 11 is 0. The second kappa shape index (κ2) is 8.74. The molecule has 0 aliphatic heterocycles. The van der Waals surface area contributed by atoms with E-state index in [0.29, 0.717) is 22.3 Å². The van der Waals surface area contributed by atoms with Gasteiger partial charge in [0.2, 0.25) is 0 Å². The van der Waals surface area contributed by atoms with Crippen LogP contribution in [0.2, 0.25) is 0 Å². The van der Waals surface area contributed by atoms with Crippen molar-refractivity contribution in [2.75, 3.05) is 18.0 Å². The summed E-state index contributed by atoms with van der Waals surface area (Å²) < 4.78 is 0. The van der Waals surface area contributed by atoms with Gasteiger partial charge < -0.3 is 4.90 Å². The summed E-state index contributed by atoms with van der Waals surface area (Å²) in [7, 11) is 0. The number of benzene rings is 3. The zero-order valence-corrected chi connectivity index (χ0v) is 18.4. The van der Waals surface area contributed by atoms with Crippen molar-refractivity contribution in [2.24, 2.45) is 0 Å². The van der Waals surface area contributed by atoms with Crippen LogP contribution >= 0.6 is 0 Å². The molecule has 0 saturated carbocycles. The number of fused-ring (bicyclic) bond motifs is 3. The van der Waals surface area contributed by atoms with Crippen LogP contribution < -0.4 is 4.90 Å². The SMILES string of the molecule is CCN(CC)c1ccc(/C=C2\c3cc([N+](=O)[O-])ccc3-c3c2cc([N+](=O)[O-])cc3[N+](=O)[O-])cc1. The van der Waals surface area contributed by atoms with Crippen LogP contribution in [0.25, 0.3) is 22.8 Å². The lowest BCUT2D eigenvalue weighted by molar-refractivity contribution is -0.393. The molecule has 3 aromatic rings. The minimum absolute atomic E-state index is 0.175. The van der Waals surface area contributed by atoms with E-state index in [-0.39, 0.29) is 11.3 Å². The van der Waals surface area contributed by atoms with Crippen LogP contribution in [0.3, 0.4) is 0 Å². The Morgan fingerprint density at radius 2 is 1.35 bits per heavy atom. The van der Waals surface area contributed by atoms with Gasteiger partial charge in [0, 0.05) is 42.5 Å². The Morgan fingerprint density at radius 1 is 0.735 bits per heavy atom. The van der Waals surface area contributed by atoms with Crippen LogP contribution in [-0.4, -0.2) is 27.9 Å². The van der Waals surface area contributed by atoms with Gasteiger partial charge >= 0.3 is 0 Å². The average molecular weight is 460 g/mol. The summed E-state index contributed by atoms with van der Waals surface area (Å²) in [6.45, 7) is 5.79. The lowest BCUT2D eigenvalue weighted by Gasteiger charge is -2.20. The highest BCUT2D eigenvalue weighted by Crippen LogP contribution is 2.51. The molecular formula is C24H20N4O6. The van der Waals surface area contributed by atoms with E-state index in [4.69, 9.17) is 0 Å². The fourth-order valence-electron chi connectivity index (χ4n) is 4.28. The van der Waals surface area contributed by atoms with Crippen LogP contribution in [0.5, 0.6) is 0 Å². The van der Waals surface area contributed by atoms with Gasteiger partial charge in [-0.3, -0.25) is 30.3 Å². The molecule has 0 amide bonds. The van der Waals surface area contributed by atoms with Crippen LogP contribution in [0.15, 0.2) is 54.6 Å². The summed E-state index contributed by atoms with van der Waals surface area (Å²) in [6, 6.07) is 13.9. The number of rotatable bonds is 7. The number of hydrogen-bond donors (Lipinski definition) is 0. The summed E-state index contributed by atoms with van der Waals surface area (Å²) in [4.78, 5) is 35.0. The molecule has 172 valence electrons. The predicted octanol–water partition coefficient (Wildman–Crippen LogP) is 5.83. The largest absolute Gasteiger partial charge is 0.372 e. The second-order valence-corrected chi connectivity index (χ2v) is 7.71.